The Kier molecular flexibility index (Phi) is 3.27. The van der Waals surface area contributed by atoms with E-state index in [1.807, 2.05) is 0 Å². The molecule has 0 unspecified atom stereocenters. The largest absolute Gasteiger partial charge is 0.496 e. The van der Waals surface area contributed by atoms with Crippen molar-refractivity contribution in [2.24, 2.45) is 0 Å². The number of nitrogens with zero attached hydrogens (tertiary/aromatic N) is 1. The van der Waals surface area contributed by atoms with Crippen LogP contribution in [-0.2, 0) is 5.41 Å². The molecule has 0 radical (unpaired) electrons. The van der Waals surface area contributed by atoms with Gasteiger partial charge in [-0.1, -0.05) is 32.9 Å². The molecule has 0 saturated heterocycles. The van der Waals surface area contributed by atoms with Crippen molar-refractivity contribution in [2.75, 3.05) is 12.8 Å². The molecular weight excluding hydrogens is 238 g/mol. The van der Waals surface area contributed by atoms with Gasteiger partial charge in [0, 0.05) is 16.7 Å². The fraction of sp³-hybridized carbons (Fsp3) is 0.400. The van der Waals surface area contributed by atoms with Crippen LogP contribution in [0.1, 0.15) is 31.9 Å². The van der Waals surface area contributed by atoms with Gasteiger partial charge in [-0.25, -0.2) is 0 Å². The Morgan fingerprint density at radius 1 is 1.26 bits per heavy atom. The number of rotatable bonds is 2. The van der Waals surface area contributed by atoms with Crippen LogP contribution in [0.2, 0.25) is 0 Å². The van der Waals surface area contributed by atoms with Crippen molar-refractivity contribution in [3.8, 4) is 16.9 Å². The average Bonchev–Trinajstić information content (AvgIpc) is 2.73. The monoisotopic (exact) mass is 259 g/mol. The summed E-state index contributed by atoms with van der Waals surface area (Å²) in [4.78, 5) is 0. The normalized spacial score (nSPS) is 11.6. The van der Waals surface area contributed by atoms with E-state index >= 15 is 0 Å². The van der Waals surface area contributed by atoms with Crippen LogP contribution >= 0.6 is 0 Å². The van der Waals surface area contributed by atoms with Gasteiger partial charge in [-0.2, -0.15) is 5.10 Å². The second kappa shape index (κ2) is 4.61. The van der Waals surface area contributed by atoms with Gasteiger partial charge in [-0.3, -0.25) is 5.10 Å². The molecule has 102 valence electrons. The number of benzene rings is 1. The number of nitrogens with one attached hydrogen (secondary N) is 1. The predicted molar refractivity (Wildman–Crippen MR) is 78.4 cm³/mol. The van der Waals surface area contributed by atoms with Gasteiger partial charge in [0.2, 0.25) is 0 Å². The van der Waals surface area contributed by atoms with Crippen molar-refractivity contribution in [2.45, 2.75) is 33.1 Å². The first kappa shape index (κ1) is 13.5. The number of nitrogen functional groups attached to an aromatic ring is 1. The van der Waals surface area contributed by atoms with Crippen LogP contribution in [0.5, 0.6) is 5.75 Å². The standard InChI is InChI=1S/C15H21N3O/c1-9-6-7-11(15(2,3)4)13(19-5)12(9)10-8-17-18-14(10)16/h6-8H,1-5H3,(H3,16,17,18). The number of hydrogen-bond acceptors (Lipinski definition) is 3. The molecular formula is C15H21N3O. The van der Waals surface area contributed by atoms with Gasteiger partial charge in [0.25, 0.3) is 0 Å². The summed E-state index contributed by atoms with van der Waals surface area (Å²) in [6, 6.07) is 4.22. The molecule has 19 heavy (non-hydrogen) atoms. The van der Waals surface area contributed by atoms with Crippen LogP contribution in [0, 0.1) is 6.92 Å². The molecule has 0 bridgehead atoms. The van der Waals surface area contributed by atoms with E-state index in [4.69, 9.17) is 10.5 Å². The number of nitrogens with two attached hydrogens (primary N) is 1. The SMILES string of the molecule is COc1c(C(C)(C)C)ccc(C)c1-c1cn[nH]c1N. The Hall–Kier alpha value is -1.97. The average molecular weight is 259 g/mol. The van der Waals surface area contributed by atoms with Gasteiger partial charge in [0.1, 0.15) is 11.6 Å². The summed E-state index contributed by atoms with van der Waals surface area (Å²) in [6.45, 7) is 8.56. The van der Waals surface area contributed by atoms with Crippen LogP contribution in [0.25, 0.3) is 11.1 Å². The minimum atomic E-state index is 0.00624. The first-order chi connectivity index (χ1) is 8.86. The van der Waals surface area contributed by atoms with E-state index in [9.17, 15) is 0 Å². The Morgan fingerprint density at radius 2 is 1.95 bits per heavy atom. The van der Waals surface area contributed by atoms with E-state index in [2.05, 4.69) is 50.0 Å². The summed E-state index contributed by atoms with van der Waals surface area (Å²) in [6.07, 6.45) is 1.74. The van der Waals surface area contributed by atoms with E-state index in [0.29, 0.717) is 5.82 Å². The Bertz CT molecular complexity index is 594. The second-order valence-corrected chi connectivity index (χ2v) is 5.79. The zero-order valence-electron chi connectivity index (χ0n) is 12.2. The smallest absolute Gasteiger partial charge is 0.130 e. The van der Waals surface area contributed by atoms with Crippen molar-refractivity contribution >= 4 is 5.82 Å². The number of aromatic nitrogens is 2. The Balaban J connectivity index is 2.77. The third-order valence-corrected chi connectivity index (χ3v) is 3.32. The highest BCUT2D eigenvalue weighted by Gasteiger charge is 2.24. The number of ether oxygens (including phenoxy) is 1. The van der Waals surface area contributed by atoms with Crippen molar-refractivity contribution in [3.05, 3.63) is 29.5 Å². The van der Waals surface area contributed by atoms with Crippen molar-refractivity contribution in [1.29, 1.82) is 0 Å². The minimum Gasteiger partial charge on any atom is -0.496 e. The molecule has 0 aliphatic rings. The highest BCUT2D eigenvalue weighted by Crippen LogP contribution is 2.42. The summed E-state index contributed by atoms with van der Waals surface area (Å²) in [5.74, 6) is 1.44. The maximum absolute atomic E-state index is 5.95. The third kappa shape index (κ3) is 2.30. The molecule has 4 heteroatoms. The molecule has 4 nitrogen and oxygen atoms in total. The molecule has 0 saturated carbocycles. The molecule has 3 N–H and O–H groups in total. The minimum absolute atomic E-state index is 0.00624. The van der Waals surface area contributed by atoms with E-state index < -0.39 is 0 Å². The van der Waals surface area contributed by atoms with Gasteiger partial charge in [-0.15, -0.1) is 0 Å². The highest BCUT2D eigenvalue weighted by molar-refractivity contribution is 5.82. The maximum atomic E-state index is 5.95. The number of anilines is 1. The molecule has 1 aromatic carbocycles. The van der Waals surface area contributed by atoms with Crippen LogP contribution in [0.15, 0.2) is 18.3 Å². The molecule has 2 rings (SSSR count). The summed E-state index contributed by atoms with van der Waals surface area (Å²) >= 11 is 0. The first-order valence-electron chi connectivity index (χ1n) is 6.33. The van der Waals surface area contributed by atoms with E-state index in [0.717, 1.165) is 28.0 Å². The third-order valence-electron chi connectivity index (χ3n) is 3.32. The van der Waals surface area contributed by atoms with Gasteiger partial charge >= 0.3 is 0 Å². The number of methoxy groups -OCH3 is 1. The van der Waals surface area contributed by atoms with Crippen molar-refractivity contribution in [3.63, 3.8) is 0 Å². The zero-order chi connectivity index (χ0) is 14.2. The molecule has 0 aliphatic carbocycles. The van der Waals surface area contributed by atoms with Crippen molar-refractivity contribution < 1.29 is 4.74 Å². The quantitative estimate of drug-likeness (QED) is 0.870. The van der Waals surface area contributed by atoms with Crippen LogP contribution in [0.4, 0.5) is 5.82 Å². The Morgan fingerprint density at radius 3 is 2.42 bits per heavy atom. The van der Waals surface area contributed by atoms with Gasteiger partial charge in [0.05, 0.1) is 13.3 Å². The number of H-pyrrole nitrogens is 1. The van der Waals surface area contributed by atoms with Gasteiger partial charge in [0.15, 0.2) is 0 Å². The highest BCUT2D eigenvalue weighted by atomic mass is 16.5. The Labute approximate surface area is 114 Å². The molecule has 1 aromatic heterocycles. The first-order valence-corrected chi connectivity index (χ1v) is 6.33. The van der Waals surface area contributed by atoms with E-state index in [-0.39, 0.29) is 5.41 Å². The van der Waals surface area contributed by atoms with E-state index in [1.165, 1.54) is 0 Å². The fourth-order valence-corrected chi connectivity index (χ4v) is 2.31. The number of aromatic amines is 1. The topological polar surface area (TPSA) is 63.9 Å². The summed E-state index contributed by atoms with van der Waals surface area (Å²) in [7, 11) is 1.70. The molecule has 0 fully saturated rings. The molecule has 0 spiro atoms. The summed E-state index contributed by atoms with van der Waals surface area (Å²) in [5.41, 5.74) is 10.1. The molecule has 0 atom stereocenters. The lowest BCUT2D eigenvalue weighted by atomic mass is 9.83. The van der Waals surface area contributed by atoms with Crippen LogP contribution < -0.4 is 10.5 Å². The van der Waals surface area contributed by atoms with Crippen molar-refractivity contribution in [1.82, 2.24) is 10.2 Å². The van der Waals surface area contributed by atoms with Crippen LogP contribution in [-0.4, -0.2) is 17.3 Å². The molecule has 0 amide bonds. The van der Waals surface area contributed by atoms with E-state index in [1.54, 1.807) is 13.3 Å². The molecule has 1 heterocycles. The van der Waals surface area contributed by atoms with Gasteiger partial charge < -0.3 is 10.5 Å². The second-order valence-electron chi connectivity index (χ2n) is 5.79. The van der Waals surface area contributed by atoms with Gasteiger partial charge in [-0.05, 0) is 17.9 Å². The maximum Gasteiger partial charge on any atom is 0.130 e. The predicted octanol–water partition coefficient (Wildman–Crippen LogP) is 3.27. The molecule has 2 aromatic rings. The van der Waals surface area contributed by atoms with Crippen LogP contribution in [0.3, 0.4) is 0 Å². The molecule has 0 aliphatic heterocycles. The lowest BCUT2D eigenvalue weighted by Gasteiger charge is -2.25. The zero-order valence-corrected chi connectivity index (χ0v) is 12.2. The number of hydrogen-bond donors (Lipinski definition) is 2. The fourth-order valence-electron chi connectivity index (χ4n) is 2.31. The summed E-state index contributed by atoms with van der Waals surface area (Å²) < 4.78 is 5.67. The lowest BCUT2D eigenvalue weighted by Crippen LogP contribution is -2.13. The number of aryl methyl sites for hydroxylation is 1. The lowest BCUT2D eigenvalue weighted by molar-refractivity contribution is 0.399. The summed E-state index contributed by atoms with van der Waals surface area (Å²) in [5, 5.41) is 6.78.